The lowest BCUT2D eigenvalue weighted by Crippen LogP contribution is -2.35. The van der Waals surface area contributed by atoms with E-state index in [-0.39, 0.29) is 12.5 Å². The molecule has 0 saturated heterocycles. The van der Waals surface area contributed by atoms with Crippen molar-refractivity contribution in [3.05, 3.63) is 29.3 Å². The number of carbonyl (C=O) groups is 1. The van der Waals surface area contributed by atoms with E-state index in [9.17, 15) is 13.2 Å². The lowest BCUT2D eigenvalue weighted by molar-refractivity contribution is -0.118. The van der Waals surface area contributed by atoms with E-state index in [1.54, 1.807) is 11.9 Å². The first-order valence-electron chi connectivity index (χ1n) is 6.37. The Bertz CT molecular complexity index is 626. The Kier molecular flexibility index (Phi) is 4.12. The summed E-state index contributed by atoms with van der Waals surface area (Å²) in [5, 5.41) is 0. The Hall–Kier alpha value is -1.44. The Balaban J connectivity index is 2.15. The summed E-state index contributed by atoms with van der Waals surface area (Å²) in [6.45, 7) is 0.242. The molecule has 1 aliphatic rings. The van der Waals surface area contributed by atoms with Gasteiger partial charge in [-0.15, -0.1) is 0 Å². The highest BCUT2D eigenvalue weighted by molar-refractivity contribution is 7.87. The van der Waals surface area contributed by atoms with Gasteiger partial charge in [-0.05, 0) is 23.6 Å². The van der Waals surface area contributed by atoms with Crippen LogP contribution in [0.1, 0.15) is 17.5 Å². The molecule has 0 unspecified atom stereocenters. The molecule has 2 rings (SSSR count). The minimum absolute atomic E-state index is 0.110. The first kappa shape index (κ1) is 15.0. The third-order valence-electron chi connectivity index (χ3n) is 3.43. The molecule has 1 aliphatic heterocycles. The molecule has 0 radical (unpaired) electrons. The van der Waals surface area contributed by atoms with E-state index < -0.39 is 10.2 Å². The van der Waals surface area contributed by atoms with Gasteiger partial charge in [0, 0.05) is 39.8 Å². The topological polar surface area (TPSA) is 69.7 Å². The van der Waals surface area contributed by atoms with Crippen molar-refractivity contribution < 1.29 is 13.2 Å². The smallest absolute Gasteiger partial charge is 0.279 e. The van der Waals surface area contributed by atoms with Crippen LogP contribution in [0.2, 0.25) is 0 Å². The molecule has 6 nitrogen and oxygen atoms in total. The summed E-state index contributed by atoms with van der Waals surface area (Å²) < 4.78 is 27.0. The van der Waals surface area contributed by atoms with Crippen molar-refractivity contribution in [2.45, 2.75) is 19.4 Å². The fourth-order valence-corrected chi connectivity index (χ4v) is 2.73. The zero-order chi connectivity index (χ0) is 14.9. The highest BCUT2D eigenvalue weighted by atomic mass is 32.2. The molecule has 1 N–H and O–H groups in total. The molecule has 1 amide bonds. The van der Waals surface area contributed by atoms with E-state index in [0.717, 1.165) is 21.1 Å². The van der Waals surface area contributed by atoms with E-state index in [1.807, 2.05) is 18.2 Å². The lowest BCUT2D eigenvalue weighted by Gasteiger charge is -2.26. The maximum Gasteiger partial charge on any atom is 0.279 e. The van der Waals surface area contributed by atoms with Crippen molar-refractivity contribution in [2.75, 3.05) is 26.0 Å². The molecule has 1 aromatic rings. The average Bonchev–Trinajstić information content (AvgIpc) is 2.40. The van der Waals surface area contributed by atoms with Gasteiger partial charge in [0.05, 0.1) is 0 Å². The number of hydrogen-bond acceptors (Lipinski definition) is 3. The predicted octanol–water partition coefficient (Wildman–Crippen LogP) is 0.492. The van der Waals surface area contributed by atoms with Crippen LogP contribution in [0.4, 0.5) is 5.69 Å². The van der Waals surface area contributed by atoms with E-state index in [0.29, 0.717) is 12.8 Å². The van der Waals surface area contributed by atoms with Crippen molar-refractivity contribution in [3.8, 4) is 0 Å². The molecule has 0 fully saturated rings. The number of carbonyl (C=O) groups excluding carboxylic acids is 1. The molecule has 7 heteroatoms. The number of anilines is 1. The third kappa shape index (κ3) is 3.00. The van der Waals surface area contributed by atoms with Crippen LogP contribution in [-0.4, -0.2) is 39.8 Å². The van der Waals surface area contributed by atoms with Gasteiger partial charge in [-0.3, -0.25) is 4.79 Å². The van der Waals surface area contributed by atoms with Crippen molar-refractivity contribution in [2.24, 2.45) is 0 Å². The second-order valence-electron chi connectivity index (χ2n) is 5.02. The number of fused-ring (bicyclic) bond motifs is 1. The molecule has 110 valence electrons. The van der Waals surface area contributed by atoms with Crippen molar-refractivity contribution in [3.63, 3.8) is 0 Å². The first-order chi connectivity index (χ1) is 9.31. The van der Waals surface area contributed by atoms with Crippen molar-refractivity contribution in [1.82, 2.24) is 9.03 Å². The largest absolute Gasteiger partial charge is 0.315 e. The summed E-state index contributed by atoms with van der Waals surface area (Å²) >= 11 is 0. The van der Waals surface area contributed by atoms with Gasteiger partial charge in [0.15, 0.2) is 0 Å². The summed E-state index contributed by atoms with van der Waals surface area (Å²) in [4.78, 5) is 13.2. The van der Waals surface area contributed by atoms with E-state index in [2.05, 4.69) is 4.72 Å². The molecule has 0 atom stereocenters. The number of hydrogen-bond donors (Lipinski definition) is 1. The quantitative estimate of drug-likeness (QED) is 0.879. The van der Waals surface area contributed by atoms with Crippen LogP contribution in [0.25, 0.3) is 0 Å². The molecular weight excluding hydrogens is 278 g/mol. The molecule has 0 aliphatic carbocycles. The zero-order valence-electron chi connectivity index (χ0n) is 11.9. The van der Waals surface area contributed by atoms with Crippen LogP contribution in [0.15, 0.2) is 18.2 Å². The summed E-state index contributed by atoms with van der Waals surface area (Å²) in [7, 11) is 1.30. The number of amides is 1. The number of benzene rings is 1. The first-order valence-corrected chi connectivity index (χ1v) is 7.81. The Morgan fingerprint density at radius 1 is 1.30 bits per heavy atom. The summed E-state index contributed by atoms with van der Waals surface area (Å²) in [5.74, 6) is 0.110. The van der Waals surface area contributed by atoms with Crippen LogP contribution in [0.3, 0.4) is 0 Å². The second-order valence-corrected chi connectivity index (χ2v) is 6.99. The third-order valence-corrected chi connectivity index (χ3v) is 4.90. The number of nitrogens with zero attached hydrogens (tertiary/aromatic N) is 2. The monoisotopic (exact) mass is 297 g/mol. The highest BCUT2D eigenvalue weighted by Gasteiger charge is 2.21. The maximum absolute atomic E-state index is 11.6. The minimum atomic E-state index is -3.42. The van der Waals surface area contributed by atoms with Gasteiger partial charge in [0.1, 0.15) is 0 Å². The predicted molar refractivity (Wildman–Crippen MR) is 77.6 cm³/mol. The number of nitrogens with one attached hydrogen (secondary N) is 1. The molecule has 0 bridgehead atoms. The fourth-order valence-electron chi connectivity index (χ4n) is 2.12. The van der Waals surface area contributed by atoms with E-state index in [1.165, 1.54) is 14.1 Å². The lowest BCUT2D eigenvalue weighted by atomic mass is 9.99. The standard InChI is InChI=1S/C13H19N3O3S/c1-15(2)20(18,19)14-9-10-4-6-12-11(8-10)5-7-13(17)16(12)3/h4,6,8,14H,5,7,9H2,1-3H3. The van der Waals surface area contributed by atoms with Crippen LogP contribution >= 0.6 is 0 Å². The van der Waals surface area contributed by atoms with Gasteiger partial charge >= 0.3 is 0 Å². The SMILES string of the molecule is CN1C(=O)CCc2cc(CNS(=O)(=O)N(C)C)ccc21. The normalized spacial score (nSPS) is 15.6. The van der Waals surface area contributed by atoms with E-state index in [4.69, 9.17) is 0 Å². The summed E-state index contributed by atoms with van der Waals surface area (Å²) in [6.07, 6.45) is 1.20. The Morgan fingerprint density at radius 3 is 2.65 bits per heavy atom. The molecule has 0 spiro atoms. The Labute approximate surface area is 119 Å². The van der Waals surface area contributed by atoms with Crippen LogP contribution in [0.5, 0.6) is 0 Å². The van der Waals surface area contributed by atoms with Crippen molar-refractivity contribution >= 4 is 21.8 Å². The minimum Gasteiger partial charge on any atom is -0.315 e. The molecule has 20 heavy (non-hydrogen) atoms. The van der Waals surface area contributed by atoms with Crippen LogP contribution in [0, 0.1) is 0 Å². The van der Waals surface area contributed by atoms with E-state index >= 15 is 0 Å². The number of rotatable bonds is 4. The summed E-state index contributed by atoms with van der Waals surface area (Å²) in [6, 6.07) is 5.66. The van der Waals surface area contributed by atoms with Crippen LogP contribution in [-0.2, 0) is 28.0 Å². The van der Waals surface area contributed by atoms with Gasteiger partial charge in [0.2, 0.25) is 5.91 Å². The highest BCUT2D eigenvalue weighted by Crippen LogP contribution is 2.27. The van der Waals surface area contributed by atoms with Gasteiger partial charge in [-0.25, -0.2) is 0 Å². The number of aryl methyl sites for hydroxylation is 1. The molecule has 0 aromatic heterocycles. The second kappa shape index (κ2) is 5.51. The van der Waals surface area contributed by atoms with Gasteiger partial charge < -0.3 is 4.90 Å². The van der Waals surface area contributed by atoms with Crippen LogP contribution < -0.4 is 9.62 Å². The molecule has 1 aromatic carbocycles. The fraction of sp³-hybridized carbons (Fsp3) is 0.462. The van der Waals surface area contributed by atoms with Gasteiger partial charge in [-0.2, -0.15) is 17.4 Å². The maximum atomic E-state index is 11.6. The molecule has 0 saturated carbocycles. The molecular formula is C13H19N3O3S. The van der Waals surface area contributed by atoms with Gasteiger partial charge in [0.25, 0.3) is 10.2 Å². The zero-order valence-corrected chi connectivity index (χ0v) is 12.7. The Morgan fingerprint density at radius 2 is 2.00 bits per heavy atom. The summed E-state index contributed by atoms with van der Waals surface area (Å²) in [5.41, 5.74) is 2.87. The molecule has 1 heterocycles. The average molecular weight is 297 g/mol. The van der Waals surface area contributed by atoms with Gasteiger partial charge in [-0.1, -0.05) is 12.1 Å². The van der Waals surface area contributed by atoms with Crippen molar-refractivity contribution in [1.29, 1.82) is 0 Å².